The normalized spacial score (nSPS) is 18.8. The molecule has 0 aliphatic heterocycles. The Hall–Kier alpha value is -1.36. The molecule has 1 fully saturated rings. The van der Waals surface area contributed by atoms with Crippen molar-refractivity contribution in [3.8, 4) is 0 Å². The van der Waals surface area contributed by atoms with Crippen LogP contribution in [0.1, 0.15) is 48.0 Å². The molecule has 0 spiro atoms. The summed E-state index contributed by atoms with van der Waals surface area (Å²) in [5, 5.41) is 0. The number of nitrogens with two attached hydrogens (primary N) is 1. The first-order valence-corrected chi connectivity index (χ1v) is 6.81. The SMILES string of the molecule is NCC1(C(=O)c2ccc(C(F)(F)F)cc2)CCCCC1. The first kappa shape index (κ1) is 15.0. The highest BCUT2D eigenvalue weighted by molar-refractivity contribution is 6.00. The fourth-order valence-electron chi connectivity index (χ4n) is 2.87. The lowest BCUT2D eigenvalue weighted by molar-refractivity contribution is -0.137. The number of benzene rings is 1. The Morgan fingerprint density at radius 2 is 1.65 bits per heavy atom. The van der Waals surface area contributed by atoms with Gasteiger partial charge in [0.1, 0.15) is 0 Å². The van der Waals surface area contributed by atoms with Gasteiger partial charge in [0.2, 0.25) is 0 Å². The number of alkyl halides is 3. The minimum absolute atomic E-state index is 0.117. The lowest BCUT2D eigenvalue weighted by Crippen LogP contribution is -2.40. The number of Topliss-reactive ketones (excluding diaryl/α,β-unsaturated/α-hetero) is 1. The van der Waals surface area contributed by atoms with Gasteiger partial charge in [0, 0.05) is 17.5 Å². The molecule has 0 amide bonds. The van der Waals surface area contributed by atoms with E-state index in [1.165, 1.54) is 12.1 Å². The molecule has 0 heterocycles. The van der Waals surface area contributed by atoms with Gasteiger partial charge in [-0.1, -0.05) is 31.4 Å². The van der Waals surface area contributed by atoms with Crippen LogP contribution in [0.4, 0.5) is 13.2 Å². The molecule has 2 N–H and O–H groups in total. The van der Waals surface area contributed by atoms with Crippen molar-refractivity contribution in [2.45, 2.75) is 38.3 Å². The smallest absolute Gasteiger partial charge is 0.329 e. The average Bonchev–Trinajstić information content (AvgIpc) is 2.46. The van der Waals surface area contributed by atoms with Crippen molar-refractivity contribution in [1.82, 2.24) is 0 Å². The van der Waals surface area contributed by atoms with Gasteiger partial charge in [-0.3, -0.25) is 4.79 Å². The topological polar surface area (TPSA) is 43.1 Å². The molecule has 1 aliphatic rings. The van der Waals surface area contributed by atoms with E-state index in [9.17, 15) is 18.0 Å². The van der Waals surface area contributed by atoms with E-state index in [-0.39, 0.29) is 12.3 Å². The van der Waals surface area contributed by atoms with Crippen molar-refractivity contribution in [3.63, 3.8) is 0 Å². The van der Waals surface area contributed by atoms with Crippen molar-refractivity contribution in [2.24, 2.45) is 11.1 Å². The van der Waals surface area contributed by atoms with E-state index in [0.717, 1.165) is 44.2 Å². The van der Waals surface area contributed by atoms with E-state index in [1.54, 1.807) is 0 Å². The first-order valence-electron chi connectivity index (χ1n) is 6.81. The number of rotatable bonds is 3. The fourth-order valence-corrected chi connectivity index (χ4v) is 2.87. The molecule has 110 valence electrons. The van der Waals surface area contributed by atoms with Gasteiger partial charge in [0.15, 0.2) is 5.78 Å². The molecule has 1 aromatic rings. The van der Waals surface area contributed by atoms with Gasteiger partial charge in [-0.05, 0) is 25.0 Å². The van der Waals surface area contributed by atoms with Crippen LogP contribution in [0.2, 0.25) is 0 Å². The summed E-state index contributed by atoms with van der Waals surface area (Å²) in [6, 6.07) is 4.44. The largest absolute Gasteiger partial charge is 0.416 e. The molecule has 2 nitrogen and oxygen atoms in total. The van der Waals surface area contributed by atoms with Crippen LogP contribution in [-0.2, 0) is 6.18 Å². The fraction of sp³-hybridized carbons (Fsp3) is 0.533. The van der Waals surface area contributed by atoms with Crippen molar-refractivity contribution in [3.05, 3.63) is 35.4 Å². The Balaban J connectivity index is 2.24. The number of hydrogen-bond acceptors (Lipinski definition) is 2. The zero-order chi connectivity index (χ0) is 14.8. The number of carbonyl (C=O) groups excluding carboxylic acids is 1. The highest BCUT2D eigenvalue weighted by atomic mass is 19.4. The second kappa shape index (κ2) is 5.56. The van der Waals surface area contributed by atoms with Gasteiger partial charge in [0.25, 0.3) is 0 Å². The highest BCUT2D eigenvalue weighted by Crippen LogP contribution is 2.38. The predicted octanol–water partition coefficient (Wildman–Crippen LogP) is 3.80. The lowest BCUT2D eigenvalue weighted by atomic mass is 9.69. The number of hydrogen-bond donors (Lipinski definition) is 1. The molecule has 1 aliphatic carbocycles. The maximum atomic E-state index is 12.6. The van der Waals surface area contributed by atoms with Crippen LogP contribution in [0.15, 0.2) is 24.3 Å². The average molecular weight is 285 g/mol. The summed E-state index contributed by atoms with van der Waals surface area (Å²) in [5.41, 5.74) is 4.78. The molecule has 0 radical (unpaired) electrons. The molecule has 0 bridgehead atoms. The maximum absolute atomic E-state index is 12.6. The van der Waals surface area contributed by atoms with Gasteiger partial charge < -0.3 is 5.73 Å². The third-order valence-corrected chi connectivity index (χ3v) is 4.16. The zero-order valence-corrected chi connectivity index (χ0v) is 11.2. The Labute approximate surface area is 116 Å². The summed E-state index contributed by atoms with van der Waals surface area (Å²) in [6.07, 6.45) is 0.0554. The van der Waals surface area contributed by atoms with Crippen molar-refractivity contribution in [2.75, 3.05) is 6.54 Å². The molecular weight excluding hydrogens is 267 g/mol. The minimum atomic E-state index is -4.38. The Bertz CT molecular complexity index is 473. The van der Waals surface area contributed by atoms with Gasteiger partial charge in [0.05, 0.1) is 5.56 Å². The van der Waals surface area contributed by atoms with E-state index in [2.05, 4.69) is 0 Å². The monoisotopic (exact) mass is 285 g/mol. The molecule has 1 saturated carbocycles. The van der Waals surface area contributed by atoms with Crippen molar-refractivity contribution < 1.29 is 18.0 Å². The van der Waals surface area contributed by atoms with Crippen LogP contribution in [0.3, 0.4) is 0 Å². The van der Waals surface area contributed by atoms with E-state index >= 15 is 0 Å². The van der Waals surface area contributed by atoms with Gasteiger partial charge in [-0.25, -0.2) is 0 Å². The molecule has 0 aromatic heterocycles. The first-order chi connectivity index (χ1) is 9.39. The van der Waals surface area contributed by atoms with E-state index in [4.69, 9.17) is 5.73 Å². The van der Waals surface area contributed by atoms with E-state index < -0.39 is 17.2 Å². The predicted molar refractivity (Wildman–Crippen MR) is 70.3 cm³/mol. The second-order valence-corrected chi connectivity index (χ2v) is 5.45. The summed E-state index contributed by atoms with van der Waals surface area (Å²) in [7, 11) is 0. The van der Waals surface area contributed by atoms with Crippen LogP contribution in [-0.4, -0.2) is 12.3 Å². The third-order valence-electron chi connectivity index (χ3n) is 4.16. The Kier molecular flexibility index (Phi) is 4.18. The van der Waals surface area contributed by atoms with E-state index in [0.29, 0.717) is 5.56 Å². The van der Waals surface area contributed by atoms with Gasteiger partial charge in [-0.15, -0.1) is 0 Å². The Morgan fingerprint density at radius 3 is 2.10 bits per heavy atom. The standard InChI is InChI=1S/C15H18F3NO/c16-15(17,18)12-6-4-11(5-7-12)13(20)14(10-19)8-2-1-3-9-14/h4-7H,1-3,8-10,19H2. The Morgan fingerprint density at radius 1 is 1.10 bits per heavy atom. The quantitative estimate of drug-likeness (QED) is 0.858. The van der Waals surface area contributed by atoms with Gasteiger partial charge in [-0.2, -0.15) is 13.2 Å². The highest BCUT2D eigenvalue weighted by Gasteiger charge is 2.39. The minimum Gasteiger partial charge on any atom is -0.329 e. The van der Waals surface area contributed by atoms with Gasteiger partial charge >= 0.3 is 6.18 Å². The molecule has 5 heteroatoms. The van der Waals surface area contributed by atoms with Crippen LogP contribution in [0.5, 0.6) is 0 Å². The zero-order valence-electron chi connectivity index (χ0n) is 11.2. The molecule has 20 heavy (non-hydrogen) atoms. The second-order valence-electron chi connectivity index (χ2n) is 5.45. The molecule has 0 unspecified atom stereocenters. The van der Waals surface area contributed by atoms with Crippen LogP contribution in [0.25, 0.3) is 0 Å². The summed E-state index contributed by atoms with van der Waals surface area (Å²) in [4.78, 5) is 12.6. The summed E-state index contributed by atoms with van der Waals surface area (Å²) in [6.45, 7) is 0.257. The molecule has 1 aromatic carbocycles. The lowest BCUT2D eigenvalue weighted by Gasteiger charge is -2.34. The third kappa shape index (κ3) is 2.87. The summed E-state index contributed by atoms with van der Waals surface area (Å²) >= 11 is 0. The molecular formula is C15H18F3NO. The van der Waals surface area contributed by atoms with Crippen LogP contribution >= 0.6 is 0 Å². The van der Waals surface area contributed by atoms with Crippen molar-refractivity contribution in [1.29, 1.82) is 0 Å². The summed E-state index contributed by atoms with van der Waals surface area (Å²) in [5.74, 6) is -0.117. The molecule has 0 saturated heterocycles. The molecule has 2 rings (SSSR count). The summed E-state index contributed by atoms with van der Waals surface area (Å²) < 4.78 is 37.5. The maximum Gasteiger partial charge on any atom is 0.416 e. The number of halogens is 3. The van der Waals surface area contributed by atoms with E-state index in [1.807, 2.05) is 0 Å². The number of ketones is 1. The number of carbonyl (C=O) groups is 1. The van der Waals surface area contributed by atoms with Crippen molar-refractivity contribution >= 4 is 5.78 Å². The molecule has 0 atom stereocenters. The van der Waals surface area contributed by atoms with Crippen LogP contribution < -0.4 is 5.73 Å². The van der Waals surface area contributed by atoms with Crippen LogP contribution in [0, 0.1) is 5.41 Å².